The highest BCUT2D eigenvalue weighted by molar-refractivity contribution is 5.66. The number of likely N-dealkylation sites (N-methyl/N-ethyl adjacent to an activating group) is 1. The Morgan fingerprint density at radius 2 is 1.89 bits per heavy atom. The molecule has 0 saturated carbocycles. The van der Waals surface area contributed by atoms with Gasteiger partial charge in [-0.2, -0.15) is 5.26 Å². The van der Waals surface area contributed by atoms with Crippen LogP contribution in [0.1, 0.15) is 45.5 Å². The molecule has 0 amide bonds. The van der Waals surface area contributed by atoms with Crippen molar-refractivity contribution in [1.82, 2.24) is 9.80 Å². The van der Waals surface area contributed by atoms with E-state index in [0.717, 1.165) is 27.8 Å². The van der Waals surface area contributed by atoms with E-state index in [4.69, 9.17) is 29.4 Å². The molecule has 0 aliphatic carbocycles. The lowest BCUT2D eigenvalue weighted by atomic mass is 9.71. The Bertz CT molecular complexity index is 1340. The molecule has 2 aromatic carbocycles. The Balaban J connectivity index is 1.60. The van der Waals surface area contributed by atoms with E-state index < -0.39 is 6.04 Å². The van der Waals surface area contributed by atoms with Gasteiger partial charge in [-0.15, -0.1) is 0 Å². The van der Waals surface area contributed by atoms with Crippen LogP contribution >= 0.6 is 0 Å². The zero-order valence-corrected chi connectivity index (χ0v) is 22.4. The van der Waals surface area contributed by atoms with E-state index >= 15 is 0 Å². The predicted molar refractivity (Wildman–Crippen MR) is 138 cm³/mol. The third kappa shape index (κ3) is 3.26. The highest BCUT2D eigenvalue weighted by Gasteiger charge is 2.56. The number of ether oxygens (including phenoxy) is 5. The van der Waals surface area contributed by atoms with Crippen LogP contribution in [0.25, 0.3) is 0 Å². The van der Waals surface area contributed by atoms with Crippen LogP contribution in [0.4, 0.5) is 0 Å². The van der Waals surface area contributed by atoms with Crippen LogP contribution in [0.15, 0.2) is 6.07 Å². The largest absolute Gasteiger partial charge is 0.507 e. The second-order valence-corrected chi connectivity index (χ2v) is 10.5. The van der Waals surface area contributed by atoms with Gasteiger partial charge < -0.3 is 34.5 Å². The van der Waals surface area contributed by atoms with Crippen molar-refractivity contribution in [2.24, 2.45) is 5.73 Å². The van der Waals surface area contributed by atoms with Crippen molar-refractivity contribution in [3.8, 4) is 34.8 Å². The number of nitrogens with zero attached hydrogens (tertiary/aromatic N) is 3. The van der Waals surface area contributed by atoms with Crippen molar-refractivity contribution in [3.05, 3.63) is 39.4 Å². The molecule has 5 atom stereocenters. The number of nitrogens with two attached hydrogens (primary N) is 1. The topological polar surface area (TPSA) is 123 Å². The minimum Gasteiger partial charge on any atom is -0.507 e. The van der Waals surface area contributed by atoms with Crippen LogP contribution in [-0.4, -0.2) is 74.4 Å². The number of fused-ring (bicyclic) bond motifs is 9. The summed E-state index contributed by atoms with van der Waals surface area (Å²) in [5, 5.41) is 21.9. The molecule has 38 heavy (non-hydrogen) atoms. The van der Waals surface area contributed by atoms with Crippen molar-refractivity contribution < 1.29 is 28.8 Å². The second kappa shape index (κ2) is 9.20. The number of phenolic OH excluding ortho intramolecular Hbond substituents is 1. The van der Waals surface area contributed by atoms with Gasteiger partial charge in [-0.25, -0.2) is 0 Å². The summed E-state index contributed by atoms with van der Waals surface area (Å²) >= 11 is 0. The summed E-state index contributed by atoms with van der Waals surface area (Å²) in [6.45, 7) is 4.29. The number of nitriles is 1. The second-order valence-electron chi connectivity index (χ2n) is 10.5. The van der Waals surface area contributed by atoms with Gasteiger partial charge in [-0.3, -0.25) is 9.80 Å². The van der Waals surface area contributed by atoms with Crippen LogP contribution in [0.3, 0.4) is 0 Å². The summed E-state index contributed by atoms with van der Waals surface area (Å²) in [4.78, 5) is 4.55. The highest BCUT2D eigenvalue weighted by Crippen LogP contribution is 2.58. The summed E-state index contributed by atoms with van der Waals surface area (Å²) in [5.74, 6) is 2.73. The van der Waals surface area contributed by atoms with Crippen LogP contribution in [0.5, 0.6) is 28.7 Å². The zero-order chi connectivity index (χ0) is 26.9. The molecule has 10 nitrogen and oxygen atoms in total. The lowest BCUT2D eigenvalue weighted by Crippen LogP contribution is -2.68. The minimum atomic E-state index is -0.414. The van der Waals surface area contributed by atoms with Gasteiger partial charge >= 0.3 is 0 Å². The zero-order valence-electron chi connectivity index (χ0n) is 22.4. The van der Waals surface area contributed by atoms with E-state index in [9.17, 15) is 10.4 Å². The van der Waals surface area contributed by atoms with Crippen molar-refractivity contribution in [3.63, 3.8) is 0 Å². The van der Waals surface area contributed by atoms with E-state index in [-0.39, 0.29) is 50.0 Å². The normalized spacial score (nSPS) is 27.2. The fourth-order valence-electron chi connectivity index (χ4n) is 7.31. The first-order chi connectivity index (χ1) is 18.4. The monoisotopic (exact) mass is 522 g/mol. The molecule has 3 N–H and O–H groups in total. The van der Waals surface area contributed by atoms with Crippen molar-refractivity contribution in [1.29, 1.82) is 5.26 Å². The third-order valence-corrected chi connectivity index (χ3v) is 8.82. The Morgan fingerprint density at radius 1 is 1.13 bits per heavy atom. The molecule has 0 radical (unpaired) electrons. The highest BCUT2D eigenvalue weighted by atomic mass is 16.7. The Kier molecular flexibility index (Phi) is 6.07. The number of aryl methyl sites for hydroxylation is 1. The first kappa shape index (κ1) is 25.1. The molecule has 4 aliphatic heterocycles. The quantitative estimate of drug-likeness (QED) is 0.566. The van der Waals surface area contributed by atoms with Gasteiger partial charge in [0.15, 0.2) is 29.8 Å². The van der Waals surface area contributed by atoms with E-state index in [1.165, 1.54) is 0 Å². The summed E-state index contributed by atoms with van der Waals surface area (Å²) in [6, 6.07) is 3.67. The maximum atomic E-state index is 11.4. The Hall–Kier alpha value is -3.23. The van der Waals surface area contributed by atoms with Gasteiger partial charge in [-0.05, 0) is 44.9 Å². The van der Waals surface area contributed by atoms with Crippen molar-refractivity contribution >= 4 is 0 Å². The average Bonchev–Trinajstić information content (AvgIpc) is 3.40. The smallest absolute Gasteiger partial charge is 0.231 e. The van der Waals surface area contributed by atoms with Gasteiger partial charge in [0.05, 0.1) is 25.3 Å². The summed E-state index contributed by atoms with van der Waals surface area (Å²) in [7, 11) is 5.31. The first-order valence-electron chi connectivity index (χ1n) is 12.9. The van der Waals surface area contributed by atoms with Gasteiger partial charge in [0.25, 0.3) is 0 Å². The standard InChI is InChI=1S/C28H34N4O6/c1-13-6-15-7-17-19(9-29)32-18(23(31(17)3)21(15)27(25(13)35-5)36-11-34-4)8-16-22(20(32)10-30)28-26(37-12-38-28)14(2)24(16)33/h6,17-20,23,33H,7-8,10-12,30H2,1-5H3/t17?,18?,19?,20-,23-/m0/s1. The summed E-state index contributed by atoms with van der Waals surface area (Å²) in [5.41, 5.74) is 11.9. The van der Waals surface area contributed by atoms with Gasteiger partial charge in [0.1, 0.15) is 11.8 Å². The molecule has 6 rings (SSSR count). The molecule has 4 aliphatic rings. The molecule has 202 valence electrons. The van der Waals surface area contributed by atoms with Gasteiger partial charge in [0, 0.05) is 48.0 Å². The number of hydrogen-bond donors (Lipinski definition) is 2. The molecule has 10 heteroatoms. The van der Waals surface area contributed by atoms with E-state index in [1.807, 2.05) is 13.8 Å². The first-order valence-corrected chi connectivity index (χ1v) is 12.9. The molecule has 0 aromatic heterocycles. The predicted octanol–water partition coefficient (Wildman–Crippen LogP) is 2.46. The number of piperazine rings is 1. The molecule has 1 saturated heterocycles. The van der Waals surface area contributed by atoms with Crippen LogP contribution in [0.2, 0.25) is 0 Å². The number of phenols is 1. The lowest BCUT2D eigenvalue weighted by Gasteiger charge is -2.60. The molecular weight excluding hydrogens is 488 g/mol. The SMILES string of the molecule is COCOc1c(OC)c(C)cc2c1[C@@H]1C3Cc4c(O)c(C)c5c(c4[C@H](CN)N3C(C#N)C(C2)N1C)OCO5. The molecular formula is C28H34N4O6. The number of rotatable bonds is 5. The number of hydrogen-bond acceptors (Lipinski definition) is 10. The van der Waals surface area contributed by atoms with Crippen LogP contribution < -0.4 is 24.7 Å². The average molecular weight is 523 g/mol. The number of benzene rings is 2. The Labute approximate surface area is 222 Å². The van der Waals surface area contributed by atoms with E-state index in [1.54, 1.807) is 14.2 Å². The van der Waals surface area contributed by atoms with Crippen molar-refractivity contribution in [2.75, 3.05) is 41.4 Å². The molecule has 3 unspecified atom stereocenters. The molecule has 1 fully saturated rings. The molecule has 2 aromatic rings. The number of aromatic hydroxyl groups is 1. The van der Waals surface area contributed by atoms with Gasteiger partial charge in [-0.1, -0.05) is 6.07 Å². The Morgan fingerprint density at radius 3 is 2.58 bits per heavy atom. The van der Waals surface area contributed by atoms with Crippen LogP contribution in [-0.2, 0) is 17.6 Å². The fraction of sp³-hybridized carbons (Fsp3) is 0.536. The molecule has 0 spiro atoms. The van der Waals surface area contributed by atoms with E-state index in [2.05, 4.69) is 29.0 Å². The summed E-state index contributed by atoms with van der Waals surface area (Å²) < 4.78 is 28.9. The van der Waals surface area contributed by atoms with E-state index in [0.29, 0.717) is 41.4 Å². The van der Waals surface area contributed by atoms with Crippen LogP contribution in [0, 0.1) is 25.2 Å². The summed E-state index contributed by atoms with van der Waals surface area (Å²) in [6.07, 6.45) is 1.19. The lowest BCUT2D eigenvalue weighted by molar-refractivity contribution is -0.0719. The molecule has 4 heterocycles. The minimum absolute atomic E-state index is 0.0586. The number of methoxy groups -OCH3 is 2. The maximum Gasteiger partial charge on any atom is 0.231 e. The van der Waals surface area contributed by atoms with Crippen molar-refractivity contribution in [2.45, 2.75) is 56.9 Å². The maximum absolute atomic E-state index is 11.4. The molecule has 2 bridgehead atoms. The fourth-order valence-corrected chi connectivity index (χ4v) is 7.31. The van der Waals surface area contributed by atoms with Gasteiger partial charge in [0.2, 0.25) is 6.79 Å². The third-order valence-electron chi connectivity index (χ3n) is 8.82.